The maximum absolute atomic E-state index is 11.1. The predicted molar refractivity (Wildman–Crippen MR) is 61.0 cm³/mol. The molecule has 2 unspecified atom stereocenters. The molecule has 1 fully saturated rings. The molecule has 1 aromatic rings. The predicted octanol–water partition coefficient (Wildman–Crippen LogP) is 0.707. The van der Waals surface area contributed by atoms with E-state index in [0.717, 1.165) is 11.3 Å². The Morgan fingerprint density at radius 3 is 3.06 bits per heavy atom. The Morgan fingerprint density at radius 2 is 2.35 bits per heavy atom. The molecule has 5 heteroatoms. The molecular weight excluding hydrogens is 222 g/mol. The van der Waals surface area contributed by atoms with Crippen molar-refractivity contribution < 1.29 is 19.4 Å². The number of alkyl carbamates (subject to hydrolysis) is 1. The molecule has 0 aliphatic carbocycles. The number of ether oxygens (including phenoxy) is 2. The van der Waals surface area contributed by atoms with Crippen LogP contribution in [0.5, 0.6) is 5.75 Å². The normalized spacial score (nSPS) is 23.1. The largest absolute Gasteiger partial charge is 0.497 e. The van der Waals surface area contributed by atoms with Crippen molar-refractivity contribution in [3.8, 4) is 5.75 Å². The average molecular weight is 237 g/mol. The zero-order valence-electron chi connectivity index (χ0n) is 9.55. The maximum atomic E-state index is 11.1. The van der Waals surface area contributed by atoms with Gasteiger partial charge in [-0.2, -0.15) is 0 Å². The van der Waals surface area contributed by atoms with Crippen LogP contribution >= 0.6 is 0 Å². The summed E-state index contributed by atoms with van der Waals surface area (Å²) in [5, 5.41) is 11.7. The first-order chi connectivity index (χ1) is 8.22. The maximum Gasteiger partial charge on any atom is 0.407 e. The first kappa shape index (κ1) is 11.7. The highest BCUT2D eigenvalue weighted by atomic mass is 16.6. The molecule has 2 atom stereocenters. The number of hydrogen-bond donors (Lipinski definition) is 2. The second-order valence-corrected chi connectivity index (χ2v) is 3.93. The lowest BCUT2D eigenvalue weighted by Gasteiger charge is -2.14. The fraction of sp³-hybridized carbons (Fsp3) is 0.417. The molecule has 0 aromatic heterocycles. The van der Waals surface area contributed by atoms with Gasteiger partial charge in [-0.15, -0.1) is 0 Å². The molecule has 0 radical (unpaired) electrons. The minimum Gasteiger partial charge on any atom is -0.497 e. The lowest BCUT2D eigenvalue weighted by molar-refractivity contribution is 0.118. The molecule has 1 heterocycles. The summed E-state index contributed by atoms with van der Waals surface area (Å²) in [6.45, 7) is -0.125. The van der Waals surface area contributed by atoms with Gasteiger partial charge < -0.3 is 19.9 Å². The van der Waals surface area contributed by atoms with E-state index in [0.29, 0.717) is 6.42 Å². The summed E-state index contributed by atoms with van der Waals surface area (Å²) in [6.07, 6.45) is -0.252. The minimum absolute atomic E-state index is 0.125. The topological polar surface area (TPSA) is 67.8 Å². The summed E-state index contributed by atoms with van der Waals surface area (Å²) >= 11 is 0. The quantitative estimate of drug-likeness (QED) is 0.809. The van der Waals surface area contributed by atoms with Gasteiger partial charge in [0.15, 0.2) is 0 Å². The summed E-state index contributed by atoms with van der Waals surface area (Å²) in [7, 11) is 1.60. The summed E-state index contributed by atoms with van der Waals surface area (Å²) in [5.74, 6) is 0.764. The number of aliphatic hydroxyl groups is 1. The number of aliphatic hydroxyl groups excluding tert-OH is 1. The van der Waals surface area contributed by atoms with Crippen LogP contribution < -0.4 is 10.1 Å². The van der Waals surface area contributed by atoms with E-state index in [9.17, 15) is 4.79 Å². The molecule has 17 heavy (non-hydrogen) atoms. The van der Waals surface area contributed by atoms with E-state index in [-0.39, 0.29) is 18.8 Å². The van der Waals surface area contributed by atoms with Crippen molar-refractivity contribution in [1.82, 2.24) is 5.32 Å². The first-order valence-corrected chi connectivity index (χ1v) is 5.44. The highest BCUT2D eigenvalue weighted by molar-refractivity contribution is 5.70. The molecule has 0 bridgehead atoms. The van der Waals surface area contributed by atoms with Crippen molar-refractivity contribution in [3.05, 3.63) is 29.8 Å². The second kappa shape index (κ2) is 5.05. The highest BCUT2D eigenvalue weighted by Crippen LogP contribution is 2.18. The van der Waals surface area contributed by atoms with Gasteiger partial charge in [0.2, 0.25) is 0 Å². The number of methoxy groups -OCH3 is 1. The number of hydrogen-bond acceptors (Lipinski definition) is 4. The molecule has 1 aliphatic rings. The summed E-state index contributed by atoms with van der Waals surface area (Å²) in [5.41, 5.74) is 1.00. The first-order valence-electron chi connectivity index (χ1n) is 5.44. The smallest absolute Gasteiger partial charge is 0.407 e. The van der Waals surface area contributed by atoms with Gasteiger partial charge in [0, 0.05) is 6.42 Å². The Kier molecular flexibility index (Phi) is 3.49. The molecule has 0 spiro atoms. The van der Waals surface area contributed by atoms with Crippen molar-refractivity contribution in [2.75, 3.05) is 13.7 Å². The fourth-order valence-electron chi connectivity index (χ4n) is 1.88. The van der Waals surface area contributed by atoms with Crippen LogP contribution in [0.2, 0.25) is 0 Å². The summed E-state index contributed by atoms with van der Waals surface area (Å²) < 4.78 is 10.2. The third kappa shape index (κ3) is 2.68. The monoisotopic (exact) mass is 237 g/mol. The van der Waals surface area contributed by atoms with Crippen LogP contribution in [-0.2, 0) is 11.2 Å². The molecule has 5 nitrogen and oxygen atoms in total. The molecule has 1 aliphatic heterocycles. The van der Waals surface area contributed by atoms with Crippen LogP contribution in [0.15, 0.2) is 24.3 Å². The number of carbonyl (C=O) groups is 1. The third-order valence-corrected chi connectivity index (χ3v) is 2.78. The van der Waals surface area contributed by atoms with E-state index < -0.39 is 6.09 Å². The van der Waals surface area contributed by atoms with E-state index in [1.807, 2.05) is 24.3 Å². The SMILES string of the molecule is COc1cccc(CC2OC(=O)NC2CO)c1. The van der Waals surface area contributed by atoms with Crippen LogP contribution in [0.3, 0.4) is 0 Å². The van der Waals surface area contributed by atoms with Gasteiger partial charge in [-0.3, -0.25) is 0 Å². The molecular formula is C12H15NO4. The van der Waals surface area contributed by atoms with Crippen molar-refractivity contribution in [2.45, 2.75) is 18.6 Å². The van der Waals surface area contributed by atoms with Gasteiger partial charge in [0.05, 0.1) is 19.8 Å². The van der Waals surface area contributed by atoms with Crippen LogP contribution in [0.1, 0.15) is 5.56 Å². The van der Waals surface area contributed by atoms with Gasteiger partial charge in [0.25, 0.3) is 0 Å². The van der Waals surface area contributed by atoms with Crippen molar-refractivity contribution >= 4 is 6.09 Å². The van der Waals surface area contributed by atoms with Crippen molar-refractivity contribution in [2.24, 2.45) is 0 Å². The Morgan fingerprint density at radius 1 is 1.53 bits per heavy atom. The zero-order valence-corrected chi connectivity index (χ0v) is 9.55. The Hall–Kier alpha value is -1.75. The average Bonchev–Trinajstić information content (AvgIpc) is 2.69. The van der Waals surface area contributed by atoms with Crippen LogP contribution in [0.25, 0.3) is 0 Å². The van der Waals surface area contributed by atoms with Crippen molar-refractivity contribution in [1.29, 1.82) is 0 Å². The van der Waals surface area contributed by atoms with Crippen molar-refractivity contribution in [3.63, 3.8) is 0 Å². The van der Waals surface area contributed by atoms with Crippen LogP contribution in [-0.4, -0.2) is 37.1 Å². The number of amides is 1. The number of rotatable bonds is 4. The van der Waals surface area contributed by atoms with E-state index in [1.165, 1.54) is 0 Å². The second-order valence-electron chi connectivity index (χ2n) is 3.93. The molecule has 1 saturated heterocycles. The van der Waals surface area contributed by atoms with E-state index in [4.69, 9.17) is 14.6 Å². The molecule has 2 rings (SSSR count). The highest BCUT2D eigenvalue weighted by Gasteiger charge is 2.33. The van der Waals surface area contributed by atoms with Gasteiger partial charge in [0.1, 0.15) is 11.9 Å². The van der Waals surface area contributed by atoms with Gasteiger partial charge in [-0.05, 0) is 17.7 Å². The minimum atomic E-state index is -0.475. The Bertz CT molecular complexity index is 407. The summed E-state index contributed by atoms with van der Waals surface area (Å²) in [4.78, 5) is 11.1. The number of carbonyl (C=O) groups excluding carboxylic acids is 1. The van der Waals surface area contributed by atoms with Gasteiger partial charge >= 0.3 is 6.09 Å². The summed E-state index contributed by atoms with van der Waals surface area (Å²) in [6, 6.07) is 7.22. The molecule has 2 N–H and O–H groups in total. The Balaban J connectivity index is 2.06. The van der Waals surface area contributed by atoms with Gasteiger partial charge in [-0.1, -0.05) is 12.1 Å². The van der Waals surface area contributed by atoms with E-state index >= 15 is 0 Å². The molecule has 92 valence electrons. The molecule has 1 aromatic carbocycles. The van der Waals surface area contributed by atoms with E-state index in [1.54, 1.807) is 7.11 Å². The molecule has 1 amide bonds. The van der Waals surface area contributed by atoms with Gasteiger partial charge in [-0.25, -0.2) is 4.79 Å². The Labute approximate surface area is 99.3 Å². The van der Waals surface area contributed by atoms with E-state index in [2.05, 4.69) is 5.32 Å². The molecule has 0 saturated carbocycles. The number of nitrogens with one attached hydrogen (secondary N) is 1. The number of cyclic esters (lactones) is 1. The third-order valence-electron chi connectivity index (χ3n) is 2.78. The lowest BCUT2D eigenvalue weighted by atomic mass is 10.0. The lowest BCUT2D eigenvalue weighted by Crippen LogP contribution is -2.36. The van der Waals surface area contributed by atoms with Crippen LogP contribution in [0.4, 0.5) is 4.79 Å². The standard InChI is InChI=1S/C12H15NO4/c1-16-9-4-2-3-8(5-9)6-11-10(7-14)13-12(15)17-11/h2-5,10-11,14H,6-7H2,1H3,(H,13,15). The number of benzene rings is 1. The zero-order chi connectivity index (χ0) is 12.3. The van der Waals surface area contributed by atoms with Crippen LogP contribution in [0, 0.1) is 0 Å². The fourth-order valence-corrected chi connectivity index (χ4v) is 1.88.